The lowest BCUT2D eigenvalue weighted by Gasteiger charge is -2.14. The van der Waals surface area contributed by atoms with Crippen LogP contribution in [-0.2, 0) is 0 Å². The molecule has 19 heavy (non-hydrogen) atoms. The van der Waals surface area contributed by atoms with E-state index in [0.717, 1.165) is 30.5 Å². The van der Waals surface area contributed by atoms with E-state index in [9.17, 15) is 0 Å². The van der Waals surface area contributed by atoms with Gasteiger partial charge in [-0.25, -0.2) is 0 Å². The van der Waals surface area contributed by atoms with Gasteiger partial charge in [0, 0.05) is 5.33 Å². The molecule has 0 aromatic heterocycles. The molecule has 0 aliphatic heterocycles. The standard InChI is InChI=1S/C17H19BrO/c18-14-16(15-8-3-1-4-9-15)10-7-13-19-17-11-5-2-6-12-17/h1-6,8-9,11-12,16H,7,10,13-14H2. The third-order valence-corrected chi connectivity index (χ3v) is 3.95. The Bertz CT molecular complexity index is 455. The van der Waals surface area contributed by atoms with Crippen molar-refractivity contribution in [3.63, 3.8) is 0 Å². The van der Waals surface area contributed by atoms with E-state index in [1.807, 2.05) is 30.3 Å². The van der Waals surface area contributed by atoms with Crippen molar-refractivity contribution in [2.24, 2.45) is 0 Å². The Hall–Kier alpha value is -1.28. The number of hydrogen-bond donors (Lipinski definition) is 0. The minimum absolute atomic E-state index is 0.570. The highest BCUT2D eigenvalue weighted by Crippen LogP contribution is 2.23. The minimum Gasteiger partial charge on any atom is -0.494 e. The van der Waals surface area contributed by atoms with E-state index in [1.54, 1.807) is 0 Å². The predicted octanol–water partition coefficient (Wildman–Crippen LogP) is 5.02. The first-order chi connectivity index (χ1) is 9.40. The van der Waals surface area contributed by atoms with E-state index in [1.165, 1.54) is 5.56 Å². The van der Waals surface area contributed by atoms with Crippen molar-refractivity contribution in [2.45, 2.75) is 18.8 Å². The monoisotopic (exact) mass is 318 g/mol. The van der Waals surface area contributed by atoms with Crippen molar-refractivity contribution in [2.75, 3.05) is 11.9 Å². The van der Waals surface area contributed by atoms with E-state index < -0.39 is 0 Å². The molecular formula is C17H19BrO. The third kappa shape index (κ3) is 4.71. The van der Waals surface area contributed by atoms with Crippen molar-refractivity contribution in [1.29, 1.82) is 0 Å². The molecule has 0 fully saturated rings. The van der Waals surface area contributed by atoms with E-state index in [4.69, 9.17) is 4.74 Å². The van der Waals surface area contributed by atoms with Crippen LogP contribution < -0.4 is 4.74 Å². The number of para-hydroxylation sites is 1. The van der Waals surface area contributed by atoms with Crippen LogP contribution in [0.25, 0.3) is 0 Å². The second-order valence-corrected chi connectivity index (χ2v) is 5.21. The Kier molecular flexibility index (Phi) is 5.96. The van der Waals surface area contributed by atoms with Crippen LogP contribution in [0.5, 0.6) is 5.75 Å². The zero-order valence-electron chi connectivity index (χ0n) is 11.0. The van der Waals surface area contributed by atoms with Gasteiger partial charge < -0.3 is 4.74 Å². The van der Waals surface area contributed by atoms with Crippen molar-refractivity contribution >= 4 is 15.9 Å². The molecule has 0 spiro atoms. The largest absolute Gasteiger partial charge is 0.494 e. The molecule has 0 amide bonds. The Morgan fingerprint density at radius 3 is 2.16 bits per heavy atom. The van der Waals surface area contributed by atoms with Gasteiger partial charge in [-0.1, -0.05) is 64.5 Å². The molecule has 0 heterocycles. The molecular weight excluding hydrogens is 300 g/mol. The summed E-state index contributed by atoms with van der Waals surface area (Å²) in [5.41, 5.74) is 1.40. The summed E-state index contributed by atoms with van der Waals surface area (Å²) in [5, 5.41) is 1.00. The normalized spacial score (nSPS) is 12.1. The molecule has 1 nitrogen and oxygen atoms in total. The first kappa shape index (κ1) is 14.1. The highest BCUT2D eigenvalue weighted by molar-refractivity contribution is 9.09. The first-order valence-corrected chi connectivity index (χ1v) is 7.81. The second-order valence-electron chi connectivity index (χ2n) is 4.57. The fourth-order valence-electron chi connectivity index (χ4n) is 2.09. The summed E-state index contributed by atoms with van der Waals surface area (Å²) >= 11 is 3.61. The van der Waals surface area contributed by atoms with Gasteiger partial charge in [-0.15, -0.1) is 0 Å². The molecule has 2 heteroatoms. The topological polar surface area (TPSA) is 9.23 Å². The zero-order valence-corrected chi connectivity index (χ0v) is 12.6. The molecule has 2 rings (SSSR count). The summed E-state index contributed by atoms with van der Waals surface area (Å²) in [6.07, 6.45) is 2.21. The van der Waals surface area contributed by atoms with E-state index in [2.05, 4.69) is 46.3 Å². The van der Waals surface area contributed by atoms with E-state index >= 15 is 0 Å². The Morgan fingerprint density at radius 2 is 1.53 bits per heavy atom. The summed E-state index contributed by atoms with van der Waals surface area (Å²) in [4.78, 5) is 0. The Labute approximate surface area is 123 Å². The highest BCUT2D eigenvalue weighted by atomic mass is 79.9. The number of benzene rings is 2. The molecule has 0 bridgehead atoms. The number of rotatable bonds is 7. The van der Waals surface area contributed by atoms with Crippen LogP contribution >= 0.6 is 15.9 Å². The average Bonchev–Trinajstić information content (AvgIpc) is 2.49. The Balaban J connectivity index is 1.75. The van der Waals surface area contributed by atoms with Crippen molar-refractivity contribution in [3.05, 3.63) is 66.2 Å². The molecule has 1 atom stereocenters. The maximum absolute atomic E-state index is 5.72. The van der Waals surface area contributed by atoms with Crippen LogP contribution in [0, 0.1) is 0 Å². The quantitative estimate of drug-likeness (QED) is 0.514. The summed E-state index contributed by atoms with van der Waals surface area (Å²) < 4.78 is 5.72. The SMILES string of the molecule is BrCC(CCCOc1ccccc1)c1ccccc1. The van der Waals surface area contributed by atoms with Gasteiger partial charge in [-0.2, -0.15) is 0 Å². The second kappa shape index (κ2) is 8.00. The summed E-state index contributed by atoms with van der Waals surface area (Å²) in [5.74, 6) is 1.53. The molecule has 0 N–H and O–H groups in total. The van der Waals surface area contributed by atoms with Crippen LogP contribution in [0.2, 0.25) is 0 Å². The van der Waals surface area contributed by atoms with Crippen LogP contribution in [0.1, 0.15) is 24.3 Å². The first-order valence-electron chi connectivity index (χ1n) is 6.69. The lowest BCUT2D eigenvalue weighted by Crippen LogP contribution is -2.04. The summed E-state index contributed by atoms with van der Waals surface area (Å²) in [6.45, 7) is 0.778. The van der Waals surface area contributed by atoms with Gasteiger partial charge >= 0.3 is 0 Å². The maximum Gasteiger partial charge on any atom is 0.119 e. The van der Waals surface area contributed by atoms with Crippen molar-refractivity contribution < 1.29 is 4.74 Å². The molecule has 100 valence electrons. The fraction of sp³-hybridized carbons (Fsp3) is 0.294. The molecule has 0 saturated heterocycles. The van der Waals surface area contributed by atoms with Gasteiger partial charge in [0.15, 0.2) is 0 Å². The average molecular weight is 319 g/mol. The van der Waals surface area contributed by atoms with Gasteiger partial charge in [0.1, 0.15) is 5.75 Å². The van der Waals surface area contributed by atoms with Crippen molar-refractivity contribution in [3.8, 4) is 5.75 Å². The lowest BCUT2D eigenvalue weighted by molar-refractivity contribution is 0.303. The van der Waals surface area contributed by atoms with Gasteiger partial charge in [-0.3, -0.25) is 0 Å². The molecule has 1 unspecified atom stereocenters. The van der Waals surface area contributed by atoms with E-state index in [0.29, 0.717) is 5.92 Å². The van der Waals surface area contributed by atoms with Gasteiger partial charge in [-0.05, 0) is 36.5 Å². The van der Waals surface area contributed by atoms with Crippen LogP contribution in [0.15, 0.2) is 60.7 Å². The number of hydrogen-bond acceptors (Lipinski definition) is 1. The molecule has 0 radical (unpaired) electrons. The van der Waals surface area contributed by atoms with Crippen LogP contribution in [0.3, 0.4) is 0 Å². The van der Waals surface area contributed by atoms with Gasteiger partial charge in [0.05, 0.1) is 6.61 Å². The maximum atomic E-state index is 5.72. The number of alkyl halides is 1. The summed E-state index contributed by atoms with van der Waals surface area (Å²) in [7, 11) is 0. The smallest absolute Gasteiger partial charge is 0.119 e. The Morgan fingerprint density at radius 1 is 0.895 bits per heavy atom. The molecule has 0 saturated carbocycles. The predicted molar refractivity (Wildman–Crippen MR) is 84.1 cm³/mol. The van der Waals surface area contributed by atoms with Crippen LogP contribution in [0.4, 0.5) is 0 Å². The molecule has 2 aromatic carbocycles. The third-order valence-electron chi connectivity index (χ3n) is 3.17. The fourth-order valence-corrected chi connectivity index (χ4v) is 2.79. The van der Waals surface area contributed by atoms with Crippen LogP contribution in [-0.4, -0.2) is 11.9 Å². The molecule has 2 aromatic rings. The van der Waals surface area contributed by atoms with Crippen molar-refractivity contribution in [1.82, 2.24) is 0 Å². The van der Waals surface area contributed by atoms with Gasteiger partial charge in [0.25, 0.3) is 0 Å². The van der Waals surface area contributed by atoms with Gasteiger partial charge in [0.2, 0.25) is 0 Å². The summed E-state index contributed by atoms with van der Waals surface area (Å²) in [6, 6.07) is 20.7. The number of ether oxygens (including phenoxy) is 1. The van der Waals surface area contributed by atoms with E-state index in [-0.39, 0.29) is 0 Å². The lowest BCUT2D eigenvalue weighted by atomic mass is 9.96. The minimum atomic E-state index is 0.570. The zero-order chi connectivity index (χ0) is 13.3. The molecule has 0 aliphatic carbocycles. The number of halogens is 1. The highest BCUT2D eigenvalue weighted by Gasteiger charge is 2.09. The molecule has 0 aliphatic rings.